The van der Waals surface area contributed by atoms with Crippen molar-refractivity contribution in [3.8, 4) is 0 Å². The summed E-state index contributed by atoms with van der Waals surface area (Å²) in [6.07, 6.45) is 1.50. The molecule has 0 N–H and O–H groups in total. The van der Waals surface area contributed by atoms with Crippen molar-refractivity contribution in [1.82, 2.24) is 14.9 Å². The van der Waals surface area contributed by atoms with Gasteiger partial charge in [-0.1, -0.05) is 25.4 Å². The Morgan fingerprint density at radius 2 is 2.07 bits per heavy atom. The van der Waals surface area contributed by atoms with E-state index >= 15 is 0 Å². The minimum absolute atomic E-state index is 0.510. The lowest BCUT2D eigenvalue weighted by Gasteiger charge is -2.16. The lowest BCUT2D eigenvalue weighted by molar-refractivity contribution is 0.324. The zero-order chi connectivity index (χ0) is 11.1. The van der Waals surface area contributed by atoms with E-state index in [-0.39, 0.29) is 0 Å². The highest BCUT2D eigenvalue weighted by molar-refractivity contribution is 7.99. The van der Waals surface area contributed by atoms with E-state index in [0.717, 1.165) is 30.4 Å². The van der Waals surface area contributed by atoms with Gasteiger partial charge in [0, 0.05) is 18.4 Å². The van der Waals surface area contributed by atoms with Gasteiger partial charge >= 0.3 is 0 Å². The normalized spacial score (nSPS) is 10.9. The molecule has 1 rings (SSSR count). The molecule has 1 heterocycles. The Balaban J connectivity index is 2.31. The zero-order valence-corrected chi connectivity index (χ0v) is 10.7. The van der Waals surface area contributed by atoms with Gasteiger partial charge in [-0.15, -0.1) is 11.8 Å². The first-order valence-electron chi connectivity index (χ1n) is 5.09. The Labute approximate surface area is 100 Å². The Hall–Kier alpha value is -0.320. The van der Waals surface area contributed by atoms with E-state index in [1.54, 1.807) is 17.8 Å². The fraction of sp³-hybridized carbons (Fsp3) is 0.600. The van der Waals surface area contributed by atoms with Crippen LogP contribution in [0.2, 0.25) is 5.15 Å². The van der Waals surface area contributed by atoms with Gasteiger partial charge in [-0.05, 0) is 13.1 Å². The summed E-state index contributed by atoms with van der Waals surface area (Å²) in [7, 11) is 0. The van der Waals surface area contributed by atoms with Crippen molar-refractivity contribution in [3.63, 3.8) is 0 Å². The van der Waals surface area contributed by atoms with Crippen molar-refractivity contribution in [2.75, 3.05) is 25.4 Å². The molecule has 0 saturated heterocycles. The van der Waals surface area contributed by atoms with Gasteiger partial charge in [-0.25, -0.2) is 9.97 Å². The quantitative estimate of drug-likeness (QED) is 0.569. The van der Waals surface area contributed by atoms with Crippen molar-refractivity contribution in [1.29, 1.82) is 0 Å². The fourth-order valence-electron chi connectivity index (χ4n) is 1.22. The molecular formula is C10H16ClN3S. The van der Waals surface area contributed by atoms with Gasteiger partial charge in [0.25, 0.3) is 0 Å². The SMILES string of the molecule is CCN(CC)CCSc1cc(Cl)ncn1. The number of nitrogens with zero attached hydrogens (tertiary/aromatic N) is 3. The molecule has 0 aromatic carbocycles. The topological polar surface area (TPSA) is 29.0 Å². The van der Waals surface area contributed by atoms with Gasteiger partial charge in [-0.2, -0.15) is 0 Å². The molecule has 0 spiro atoms. The minimum Gasteiger partial charge on any atom is -0.303 e. The number of aromatic nitrogens is 2. The van der Waals surface area contributed by atoms with E-state index in [0.29, 0.717) is 5.15 Å². The second kappa shape index (κ2) is 7.04. The van der Waals surface area contributed by atoms with Crippen LogP contribution in [0, 0.1) is 0 Å². The van der Waals surface area contributed by atoms with Crippen molar-refractivity contribution >= 4 is 23.4 Å². The second-order valence-electron chi connectivity index (χ2n) is 3.05. The molecular weight excluding hydrogens is 230 g/mol. The summed E-state index contributed by atoms with van der Waals surface area (Å²) < 4.78 is 0. The number of rotatable bonds is 6. The Bertz CT molecular complexity index is 292. The van der Waals surface area contributed by atoms with Gasteiger partial charge in [0.2, 0.25) is 0 Å². The average Bonchev–Trinajstić information content (AvgIpc) is 2.25. The van der Waals surface area contributed by atoms with Crippen LogP contribution in [0.15, 0.2) is 17.4 Å². The molecule has 0 bridgehead atoms. The maximum absolute atomic E-state index is 5.77. The monoisotopic (exact) mass is 245 g/mol. The van der Waals surface area contributed by atoms with Crippen LogP contribution in [0.3, 0.4) is 0 Å². The van der Waals surface area contributed by atoms with E-state index in [1.165, 1.54) is 6.33 Å². The lowest BCUT2D eigenvalue weighted by Crippen LogP contribution is -2.25. The van der Waals surface area contributed by atoms with Gasteiger partial charge in [-0.3, -0.25) is 0 Å². The Morgan fingerprint density at radius 1 is 1.33 bits per heavy atom. The Kier molecular flexibility index (Phi) is 5.98. The molecule has 1 aromatic heterocycles. The van der Waals surface area contributed by atoms with Crippen LogP contribution in [0.4, 0.5) is 0 Å². The largest absolute Gasteiger partial charge is 0.303 e. The van der Waals surface area contributed by atoms with Crippen LogP contribution in [-0.2, 0) is 0 Å². The summed E-state index contributed by atoms with van der Waals surface area (Å²) in [5.41, 5.74) is 0. The molecule has 5 heteroatoms. The standard InChI is InChI=1S/C10H16ClN3S/c1-3-14(4-2)5-6-15-10-7-9(11)12-8-13-10/h7-8H,3-6H2,1-2H3. The van der Waals surface area contributed by atoms with Crippen molar-refractivity contribution in [3.05, 3.63) is 17.5 Å². The molecule has 84 valence electrons. The second-order valence-corrected chi connectivity index (χ2v) is 4.56. The predicted molar refractivity (Wildman–Crippen MR) is 65.6 cm³/mol. The summed E-state index contributed by atoms with van der Waals surface area (Å²) >= 11 is 7.48. The molecule has 0 saturated carbocycles. The first kappa shape index (κ1) is 12.7. The molecule has 3 nitrogen and oxygen atoms in total. The van der Waals surface area contributed by atoms with Crippen molar-refractivity contribution in [2.45, 2.75) is 18.9 Å². The molecule has 0 aliphatic rings. The molecule has 0 fully saturated rings. The van der Waals surface area contributed by atoms with Gasteiger partial charge in [0.1, 0.15) is 16.5 Å². The maximum atomic E-state index is 5.77. The molecule has 0 amide bonds. The van der Waals surface area contributed by atoms with E-state index in [2.05, 4.69) is 28.7 Å². The molecule has 0 aliphatic carbocycles. The summed E-state index contributed by atoms with van der Waals surface area (Å²) in [4.78, 5) is 10.4. The third-order valence-electron chi connectivity index (χ3n) is 2.16. The highest BCUT2D eigenvalue weighted by Crippen LogP contribution is 2.16. The Morgan fingerprint density at radius 3 is 2.67 bits per heavy atom. The molecule has 1 aromatic rings. The van der Waals surface area contributed by atoms with Crippen LogP contribution in [-0.4, -0.2) is 40.3 Å². The van der Waals surface area contributed by atoms with Crippen LogP contribution in [0.1, 0.15) is 13.8 Å². The molecule has 0 atom stereocenters. The third kappa shape index (κ3) is 4.82. The van der Waals surface area contributed by atoms with Gasteiger partial charge in [0.15, 0.2) is 0 Å². The third-order valence-corrected chi connectivity index (χ3v) is 3.27. The van der Waals surface area contributed by atoms with Crippen LogP contribution in [0.5, 0.6) is 0 Å². The molecule has 0 aliphatic heterocycles. The first-order chi connectivity index (χ1) is 7.26. The van der Waals surface area contributed by atoms with Gasteiger partial charge in [0.05, 0.1) is 0 Å². The fourth-order valence-corrected chi connectivity index (χ4v) is 2.30. The van der Waals surface area contributed by atoms with E-state index in [4.69, 9.17) is 11.6 Å². The maximum Gasteiger partial charge on any atom is 0.133 e. The molecule has 0 radical (unpaired) electrons. The minimum atomic E-state index is 0.510. The van der Waals surface area contributed by atoms with Crippen LogP contribution in [0.25, 0.3) is 0 Å². The number of thioether (sulfide) groups is 1. The predicted octanol–water partition coefficient (Wildman–Crippen LogP) is 2.56. The van der Waals surface area contributed by atoms with E-state index in [1.807, 2.05) is 0 Å². The van der Waals surface area contributed by atoms with Crippen molar-refractivity contribution in [2.24, 2.45) is 0 Å². The lowest BCUT2D eigenvalue weighted by atomic mass is 10.5. The summed E-state index contributed by atoms with van der Waals surface area (Å²) in [5.74, 6) is 1.04. The van der Waals surface area contributed by atoms with Gasteiger partial charge < -0.3 is 4.90 Å². The van der Waals surface area contributed by atoms with Crippen LogP contribution < -0.4 is 0 Å². The highest BCUT2D eigenvalue weighted by atomic mass is 35.5. The van der Waals surface area contributed by atoms with Crippen LogP contribution >= 0.6 is 23.4 Å². The average molecular weight is 246 g/mol. The summed E-state index contributed by atoms with van der Waals surface area (Å²) in [5, 5.41) is 1.46. The first-order valence-corrected chi connectivity index (χ1v) is 6.45. The number of hydrogen-bond acceptors (Lipinski definition) is 4. The highest BCUT2D eigenvalue weighted by Gasteiger charge is 2.01. The molecule has 15 heavy (non-hydrogen) atoms. The zero-order valence-electron chi connectivity index (χ0n) is 9.11. The summed E-state index contributed by atoms with van der Waals surface area (Å²) in [6.45, 7) is 7.63. The van der Waals surface area contributed by atoms with Crippen molar-refractivity contribution < 1.29 is 0 Å². The molecule has 0 unspecified atom stereocenters. The van der Waals surface area contributed by atoms with E-state index in [9.17, 15) is 0 Å². The smallest absolute Gasteiger partial charge is 0.133 e. The number of halogens is 1. The van der Waals surface area contributed by atoms with E-state index < -0.39 is 0 Å². The number of hydrogen-bond donors (Lipinski definition) is 0. The summed E-state index contributed by atoms with van der Waals surface area (Å²) in [6, 6.07) is 1.80.